The van der Waals surface area contributed by atoms with Gasteiger partial charge in [-0.2, -0.15) is 5.48 Å². The molecule has 1 N–H and O–H groups in total. The molecule has 1 saturated carbocycles. The number of hydrogen-bond acceptors (Lipinski definition) is 3. The molecule has 0 amide bonds. The summed E-state index contributed by atoms with van der Waals surface area (Å²) in [5.41, 5.74) is 2.54. The largest absolute Gasteiger partial charge is 0.373 e. The van der Waals surface area contributed by atoms with Crippen LogP contribution in [0.4, 0.5) is 0 Å². The van der Waals surface area contributed by atoms with Crippen molar-refractivity contribution in [3.05, 3.63) is 0 Å². The predicted octanol–water partition coefficient (Wildman–Crippen LogP) is -0.174. The molecule has 0 spiro atoms. The SMILES string of the molecule is O=CONC1CC1. The molecule has 1 fully saturated rings. The van der Waals surface area contributed by atoms with Gasteiger partial charge >= 0.3 is 6.47 Å². The number of carbonyl (C=O) groups is 1. The Kier molecular flexibility index (Phi) is 1.26. The third kappa shape index (κ3) is 1.55. The Morgan fingerprint density at radius 2 is 2.43 bits per heavy atom. The van der Waals surface area contributed by atoms with Crippen LogP contribution in [0.25, 0.3) is 0 Å². The average Bonchev–Trinajstić information content (AvgIpc) is 2.42. The fourth-order valence-corrected chi connectivity index (χ4v) is 0.325. The minimum Gasteiger partial charge on any atom is -0.373 e. The van der Waals surface area contributed by atoms with Gasteiger partial charge in [-0.1, -0.05) is 0 Å². The summed E-state index contributed by atoms with van der Waals surface area (Å²) in [5.74, 6) is 0. The fraction of sp³-hybridized carbons (Fsp3) is 0.750. The Morgan fingerprint density at radius 1 is 1.71 bits per heavy atom. The van der Waals surface area contributed by atoms with Gasteiger partial charge in [0.15, 0.2) is 0 Å². The maximum absolute atomic E-state index is 9.45. The van der Waals surface area contributed by atoms with E-state index in [0.29, 0.717) is 12.5 Å². The van der Waals surface area contributed by atoms with E-state index in [-0.39, 0.29) is 0 Å². The molecule has 0 bridgehead atoms. The normalized spacial score (nSPS) is 18.9. The Balaban J connectivity index is 1.88. The highest BCUT2D eigenvalue weighted by atomic mass is 16.7. The first-order valence-electron chi connectivity index (χ1n) is 2.28. The van der Waals surface area contributed by atoms with Gasteiger partial charge in [0.1, 0.15) is 0 Å². The molecular formula is C4H7NO2. The fourth-order valence-electron chi connectivity index (χ4n) is 0.325. The second-order valence-electron chi connectivity index (χ2n) is 1.61. The summed E-state index contributed by atoms with van der Waals surface area (Å²) in [7, 11) is 0. The lowest BCUT2D eigenvalue weighted by molar-refractivity contribution is -0.135. The molecule has 0 heterocycles. The molecule has 0 radical (unpaired) electrons. The number of carbonyl (C=O) groups excluding carboxylic acids is 1. The molecule has 0 atom stereocenters. The van der Waals surface area contributed by atoms with Crippen LogP contribution in [0.3, 0.4) is 0 Å². The first-order chi connectivity index (χ1) is 3.43. The van der Waals surface area contributed by atoms with Crippen LogP contribution < -0.4 is 5.48 Å². The smallest absolute Gasteiger partial charge is 0.312 e. The zero-order chi connectivity index (χ0) is 5.11. The molecule has 1 aliphatic rings. The van der Waals surface area contributed by atoms with Gasteiger partial charge in [0, 0.05) is 6.04 Å². The molecule has 3 heteroatoms. The molecule has 1 rings (SSSR count). The van der Waals surface area contributed by atoms with Gasteiger partial charge in [-0.25, -0.2) is 0 Å². The standard InChI is InChI=1S/C4H7NO2/c6-3-7-5-4-1-2-4/h3-5H,1-2H2. The van der Waals surface area contributed by atoms with Crippen molar-refractivity contribution in [3.8, 4) is 0 Å². The monoisotopic (exact) mass is 101 g/mol. The summed E-state index contributed by atoms with van der Waals surface area (Å²) in [6.07, 6.45) is 2.27. The van der Waals surface area contributed by atoms with Gasteiger partial charge in [0.2, 0.25) is 0 Å². The van der Waals surface area contributed by atoms with E-state index in [4.69, 9.17) is 0 Å². The van der Waals surface area contributed by atoms with Crippen molar-refractivity contribution in [2.75, 3.05) is 0 Å². The second kappa shape index (κ2) is 1.93. The van der Waals surface area contributed by atoms with Crippen LogP contribution in [-0.4, -0.2) is 12.5 Å². The van der Waals surface area contributed by atoms with Crippen LogP contribution in [0.1, 0.15) is 12.8 Å². The van der Waals surface area contributed by atoms with Crippen LogP contribution in [0.2, 0.25) is 0 Å². The topological polar surface area (TPSA) is 38.3 Å². The third-order valence-electron chi connectivity index (χ3n) is 0.860. The summed E-state index contributed by atoms with van der Waals surface area (Å²) in [6.45, 7) is 0.401. The Hall–Kier alpha value is -0.570. The molecule has 0 unspecified atom stereocenters. The predicted molar refractivity (Wildman–Crippen MR) is 23.3 cm³/mol. The van der Waals surface area contributed by atoms with Crippen LogP contribution in [0, 0.1) is 0 Å². The van der Waals surface area contributed by atoms with E-state index in [1.807, 2.05) is 0 Å². The van der Waals surface area contributed by atoms with E-state index in [9.17, 15) is 4.79 Å². The Morgan fingerprint density at radius 3 is 2.86 bits per heavy atom. The molecule has 0 aromatic carbocycles. The maximum Gasteiger partial charge on any atom is 0.312 e. The minimum absolute atomic E-state index is 0.401. The summed E-state index contributed by atoms with van der Waals surface area (Å²) in [5, 5.41) is 0. The summed E-state index contributed by atoms with van der Waals surface area (Å²) < 4.78 is 0. The van der Waals surface area contributed by atoms with Crippen molar-refractivity contribution in [1.82, 2.24) is 5.48 Å². The van der Waals surface area contributed by atoms with Crippen molar-refractivity contribution in [1.29, 1.82) is 0 Å². The van der Waals surface area contributed by atoms with Gasteiger partial charge in [0.25, 0.3) is 0 Å². The van der Waals surface area contributed by atoms with E-state index in [1.165, 1.54) is 0 Å². The molecule has 1 aliphatic carbocycles. The summed E-state index contributed by atoms with van der Waals surface area (Å²) in [4.78, 5) is 13.7. The highest BCUT2D eigenvalue weighted by molar-refractivity contribution is 5.36. The lowest BCUT2D eigenvalue weighted by atomic mass is 10.8. The highest BCUT2D eigenvalue weighted by Gasteiger charge is 2.20. The number of hydrogen-bond donors (Lipinski definition) is 1. The van der Waals surface area contributed by atoms with E-state index in [2.05, 4.69) is 10.3 Å². The van der Waals surface area contributed by atoms with Crippen molar-refractivity contribution in [3.63, 3.8) is 0 Å². The summed E-state index contributed by atoms with van der Waals surface area (Å²) in [6, 6.07) is 0.449. The number of rotatable bonds is 3. The average molecular weight is 101 g/mol. The second-order valence-corrected chi connectivity index (χ2v) is 1.61. The zero-order valence-electron chi connectivity index (χ0n) is 3.89. The lowest BCUT2D eigenvalue weighted by Gasteiger charge is -1.92. The Bertz CT molecular complexity index is 70.1. The molecule has 0 aromatic rings. The van der Waals surface area contributed by atoms with E-state index < -0.39 is 0 Å². The zero-order valence-corrected chi connectivity index (χ0v) is 3.89. The van der Waals surface area contributed by atoms with Gasteiger partial charge in [0.05, 0.1) is 0 Å². The first kappa shape index (κ1) is 4.59. The van der Waals surface area contributed by atoms with E-state index >= 15 is 0 Å². The quantitative estimate of drug-likeness (QED) is 0.396. The van der Waals surface area contributed by atoms with Gasteiger partial charge in [-0.05, 0) is 12.8 Å². The Labute approximate surface area is 41.6 Å². The van der Waals surface area contributed by atoms with Crippen LogP contribution in [0.5, 0.6) is 0 Å². The van der Waals surface area contributed by atoms with Crippen molar-refractivity contribution < 1.29 is 9.63 Å². The molecule has 0 aliphatic heterocycles. The molecular weight excluding hydrogens is 94.0 g/mol. The van der Waals surface area contributed by atoms with Crippen LogP contribution in [0.15, 0.2) is 0 Å². The van der Waals surface area contributed by atoms with E-state index in [0.717, 1.165) is 12.8 Å². The van der Waals surface area contributed by atoms with Crippen molar-refractivity contribution in [2.24, 2.45) is 0 Å². The lowest BCUT2D eigenvalue weighted by Crippen LogP contribution is -2.14. The molecule has 40 valence electrons. The number of hydroxylamine groups is 1. The van der Waals surface area contributed by atoms with Crippen LogP contribution >= 0.6 is 0 Å². The minimum atomic E-state index is 0.401. The molecule has 0 saturated heterocycles. The number of nitrogens with one attached hydrogen (secondary N) is 1. The molecule has 7 heavy (non-hydrogen) atoms. The van der Waals surface area contributed by atoms with Crippen molar-refractivity contribution >= 4 is 6.47 Å². The summed E-state index contributed by atoms with van der Waals surface area (Å²) >= 11 is 0. The van der Waals surface area contributed by atoms with Crippen molar-refractivity contribution in [2.45, 2.75) is 18.9 Å². The van der Waals surface area contributed by atoms with E-state index in [1.54, 1.807) is 0 Å². The van der Waals surface area contributed by atoms with Crippen LogP contribution in [-0.2, 0) is 9.63 Å². The maximum atomic E-state index is 9.45. The molecule has 3 nitrogen and oxygen atoms in total. The van der Waals surface area contributed by atoms with Gasteiger partial charge in [-0.15, -0.1) is 0 Å². The van der Waals surface area contributed by atoms with Gasteiger partial charge in [-0.3, -0.25) is 4.79 Å². The first-order valence-corrected chi connectivity index (χ1v) is 2.28. The molecule has 0 aromatic heterocycles. The highest BCUT2D eigenvalue weighted by Crippen LogP contribution is 2.17. The van der Waals surface area contributed by atoms with Gasteiger partial charge < -0.3 is 4.84 Å². The third-order valence-corrected chi connectivity index (χ3v) is 0.860.